The molecule has 1 N–H and O–H groups in total. The first-order chi connectivity index (χ1) is 8.91. The fraction of sp³-hybridized carbons (Fsp3) is 0.941. The Balaban J connectivity index is 2.54. The largest absolute Gasteiger partial charge is 0.316 e. The van der Waals surface area contributed by atoms with Gasteiger partial charge in [0, 0.05) is 6.04 Å². The number of nitrogens with zero attached hydrogens (tertiary/aromatic N) is 1. The molecule has 0 aliphatic heterocycles. The van der Waals surface area contributed by atoms with Gasteiger partial charge in [-0.3, -0.25) is 0 Å². The van der Waals surface area contributed by atoms with Gasteiger partial charge in [-0.1, -0.05) is 47.0 Å². The zero-order chi connectivity index (χ0) is 14.4. The van der Waals surface area contributed by atoms with Gasteiger partial charge in [0.05, 0.1) is 6.54 Å². The Morgan fingerprint density at radius 2 is 1.95 bits per heavy atom. The van der Waals surface area contributed by atoms with E-state index in [1.807, 2.05) is 0 Å². The summed E-state index contributed by atoms with van der Waals surface area (Å²) >= 11 is 0. The van der Waals surface area contributed by atoms with Crippen molar-refractivity contribution >= 4 is 0 Å². The highest BCUT2D eigenvalue weighted by atomic mass is 14.9. The van der Waals surface area contributed by atoms with Gasteiger partial charge in [0.25, 0.3) is 0 Å². The molecule has 0 aromatic rings. The molecular formula is C17H32N2. The van der Waals surface area contributed by atoms with Crippen LogP contribution in [0.1, 0.15) is 72.6 Å². The summed E-state index contributed by atoms with van der Waals surface area (Å²) in [7, 11) is 0. The highest BCUT2D eigenvalue weighted by molar-refractivity contribution is 4.94. The Morgan fingerprint density at radius 1 is 1.21 bits per heavy atom. The van der Waals surface area contributed by atoms with Crippen molar-refractivity contribution in [1.82, 2.24) is 5.32 Å². The number of nitrogens with one attached hydrogen (secondary N) is 1. The van der Waals surface area contributed by atoms with Gasteiger partial charge in [0.15, 0.2) is 0 Å². The fourth-order valence-electron chi connectivity index (χ4n) is 4.09. The van der Waals surface area contributed by atoms with E-state index in [0.717, 1.165) is 6.54 Å². The Morgan fingerprint density at radius 3 is 2.58 bits per heavy atom. The summed E-state index contributed by atoms with van der Waals surface area (Å²) in [6.07, 6.45) is 9.32. The highest BCUT2D eigenvalue weighted by Gasteiger charge is 2.40. The Hall–Kier alpha value is -0.550. The van der Waals surface area contributed by atoms with E-state index >= 15 is 0 Å². The van der Waals surface area contributed by atoms with Crippen LogP contribution in [0.15, 0.2) is 0 Å². The van der Waals surface area contributed by atoms with Crippen molar-refractivity contribution in [3.05, 3.63) is 11.4 Å². The van der Waals surface area contributed by atoms with E-state index in [1.54, 1.807) is 0 Å². The van der Waals surface area contributed by atoms with Crippen LogP contribution in [0.4, 0.5) is 0 Å². The van der Waals surface area contributed by atoms with Crippen molar-refractivity contribution < 1.29 is 0 Å². The molecular weight excluding hydrogens is 232 g/mol. The van der Waals surface area contributed by atoms with Crippen LogP contribution in [0.5, 0.6) is 0 Å². The van der Waals surface area contributed by atoms with Crippen molar-refractivity contribution in [3.8, 4) is 0 Å². The lowest BCUT2D eigenvalue weighted by Gasteiger charge is -2.47. The van der Waals surface area contributed by atoms with Crippen LogP contribution in [0, 0.1) is 17.4 Å². The van der Waals surface area contributed by atoms with Gasteiger partial charge in [0.2, 0.25) is 6.54 Å². The highest BCUT2D eigenvalue weighted by Crippen LogP contribution is 2.48. The van der Waals surface area contributed by atoms with Gasteiger partial charge in [0.1, 0.15) is 0 Å². The van der Waals surface area contributed by atoms with Crippen LogP contribution in [-0.2, 0) is 0 Å². The second-order valence-corrected chi connectivity index (χ2v) is 7.55. The standard InChI is InChI=1S/C17H32N2/c1-6-7-8-9-17(4)13-15(19-11-10-18-5)12-16(2,3)14-17/h15,19H,6-14H2,1-4H3. The van der Waals surface area contributed by atoms with Gasteiger partial charge in [-0.2, -0.15) is 0 Å². The molecule has 0 saturated heterocycles. The van der Waals surface area contributed by atoms with Gasteiger partial charge >= 0.3 is 0 Å². The van der Waals surface area contributed by atoms with E-state index in [9.17, 15) is 0 Å². The van der Waals surface area contributed by atoms with E-state index in [0.29, 0.717) is 23.4 Å². The minimum absolute atomic E-state index is 0.439. The third-order valence-electron chi connectivity index (χ3n) is 4.48. The van der Waals surface area contributed by atoms with Crippen LogP contribution in [0.3, 0.4) is 0 Å². The molecule has 0 heterocycles. The maximum Gasteiger partial charge on any atom is 0.226 e. The third-order valence-corrected chi connectivity index (χ3v) is 4.48. The lowest BCUT2D eigenvalue weighted by Crippen LogP contribution is -2.45. The molecule has 110 valence electrons. The van der Waals surface area contributed by atoms with Crippen molar-refractivity contribution in [3.63, 3.8) is 0 Å². The van der Waals surface area contributed by atoms with Crippen LogP contribution in [0.25, 0.3) is 4.85 Å². The lowest BCUT2D eigenvalue weighted by atomic mass is 9.61. The van der Waals surface area contributed by atoms with E-state index in [2.05, 4.69) is 37.9 Å². The molecule has 2 nitrogen and oxygen atoms in total. The molecule has 0 bridgehead atoms. The van der Waals surface area contributed by atoms with Crippen molar-refractivity contribution in [2.75, 3.05) is 13.1 Å². The summed E-state index contributed by atoms with van der Waals surface area (Å²) in [4.78, 5) is 3.44. The van der Waals surface area contributed by atoms with Crippen molar-refractivity contribution in [2.24, 2.45) is 10.8 Å². The third kappa shape index (κ3) is 5.95. The SMILES string of the molecule is [C-]#[N+]CCNC1CC(C)(C)CC(C)(CCCCC)C1. The molecule has 0 aromatic heterocycles. The maximum absolute atomic E-state index is 6.87. The van der Waals surface area contributed by atoms with Crippen LogP contribution < -0.4 is 5.32 Å². The average Bonchev–Trinajstić information content (AvgIpc) is 2.27. The zero-order valence-electron chi connectivity index (χ0n) is 13.4. The summed E-state index contributed by atoms with van der Waals surface area (Å²) in [5.74, 6) is 0. The van der Waals surface area contributed by atoms with Crippen LogP contribution in [0.2, 0.25) is 0 Å². The summed E-state index contributed by atoms with van der Waals surface area (Å²) in [5, 5.41) is 3.61. The molecule has 2 atom stereocenters. The summed E-state index contributed by atoms with van der Waals surface area (Å²) in [6.45, 7) is 17.9. The normalized spacial score (nSPS) is 29.9. The van der Waals surface area contributed by atoms with Crippen molar-refractivity contribution in [1.29, 1.82) is 0 Å². The molecule has 1 aliphatic rings. The lowest BCUT2D eigenvalue weighted by molar-refractivity contribution is 0.0623. The smallest absolute Gasteiger partial charge is 0.226 e. The monoisotopic (exact) mass is 264 g/mol. The van der Waals surface area contributed by atoms with Gasteiger partial charge in [-0.15, -0.1) is 0 Å². The minimum atomic E-state index is 0.439. The Labute approximate surface area is 120 Å². The first kappa shape index (κ1) is 16.5. The molecule has 0 aromatic carbocycles. The summed E-state index contributed by atoms with van der Waals surface area (Å²) in [6, 6.07) is 0.608. The summed E-state index contributed by atoms with van der Waals surface area (Å²) in [5.41, 5.74) is 0.932. The first-order valence-corrected chi connectivity index (χ1v) is 7.97. The van der Waals surface area contributed by atoms with E-state index < -0.39 is 0 Å². The quantitative estimate of drug-likeness (QED) is 0.522. The maximum atomic E-state index is 6.87. The fourth-order valence-corrected chi connectivity index (χ4v) is 4.09. The Bertz CT molecular complexity index is 303. The molecule has 0 spiro atoms. The van der Waals surface area contributed by atoms with E-state index in [-0.39, 0.29) is 0 Å². The van der Waals surface area contributed by atoms with Crippen molar-refractivity contribution in [2.45, 2.75) is 78.7 Å². The molecule has 1 aliphatic carbocycles. The summed E-state index contributed by atoms with van der Waals surface area (Å²) < 4.78 is 0. The molecule has 0 amide bonds. The number of rotatable bonds is 7. The number of unbranched alkanes of at least 4 members (excludes halogenated alkanes) is 2. The molecule has 19 heavy (non-hydrogen) atoms. The topological polar surface area (TPSA) is 16.4 Å². The number of hydrogen-bond donors (Lipinski definition) is 1. The van der Waals surface area contributed by atoms with Gasteiger partial charge < -0.3 is 10.2 Å². The second-order valence-electron chi connectivity index (χ2n) is 7.55. The second kappa shape index (κ2) is 7.29. The number of hydrogen-bond acceptors (Lipinski definition) is 1. The molecule has 2 heteroatoms. The molecule has 1 saturated carbocycles. The molecule has 0 radical (unpaired) electrons. The van der Waals surface area contributed by atoms with E-state index in [4.69, 9.17) is 6.57 Å². The molecule has 1 rings (SSSR count). The average molecular weight is 264 g/mol. The Kier molecular flexibility index (Phi) is 6.33. The van der Waals surface area contributed by atoms with Crippen LogP contribution in [-0.4, -0.2) is 19.1 Å². The minimum Gasteiger partial charge on any atom is -0.316 e. The van der Waals surface area contributed by atoms with Crippen LogP contribution >= 0.6 is 0 Å². The predicted molar refractivity (Wildman–Crippen MR) is 83.1 cm³/mol. The zero-order valence-corrected chi connectivity index (χ0v) is 13.4. The van der Waals surface area contributed by atoms with Gasteiger partial charge in [-0.05, 0) is 36.5 Å². The van der Waals surface area contributed by atoms with Gasteiger partial charge in [-0.25, -0.2) is 6.57 Å². The molecule has 2 unspecified atom stereocenters. The molecule has 1 fully saturated rings. The first-order valence-electron chi connectivity index (χ1n) is 7.97. The predicted octanol–water partition coefficient (Wildman–Crippen LogP) is 4.66. The van der Waals surface area contributed by atoms with E-state index in [1.165, 1.54) is 44.9 Å².